The van der Waals surface area contributed by atoms with Gasteiger partial charge in [0, 0.05) is 25.8 Å². The molecule has 1 rings (SSSR count). The second-order valence-corrected chi connectivity index (χ2v) is 3.59. The zero-order valence-corrected chi connectivity index (χ0v) is 9.70. The summed E-state index contributed by atoms with van der Waals surface area (Å²) in [6.45, 7) is 1.58. The fourth-order valence-corrected chi connectivity index (χ4v) is 1.51. The monoisotopic (exact) mass is 218 g/mol. The van der Waals surface area contributed by atoms with E-state index >= 15 is 0 Å². The molecule has 0 saturated heterocycles. The molecule has 0 unspecified atom stereocenters. The molecule has 0 aromatic heterocycles. The third-order valence-corrected chi connectivity index (χ3v) is 2.37. The van der Waals surface area contributed by atoms with Gasteiger partial charge >= 0.3 is 0 Å². The number of nitriles is 1. The summed E-state index contributed by atoms with van der Waals surface area (Å²) < 4.78 is 5.07. The minimum absolute atomic E-state index is 0.604. The molecule has 0 bridgehead atoms. The predicted octanol–water partition coefficient (Wildman–Crippen LogP) is 2.59. The van der Waals surface area contributed by atoms with Crippen molar-refractivity contribution in [2.24, 2.45) is 0 Å². The van der Waals surface area contributed by atoms with Gasteiger partial charge in [-0.1, -0.05) is 18.2 Å². The van der Waals surface area contributed by atoms with Crippen LogP contribution in [-0.2, 0) is 11.2 Å². The number of hydrogen-bond donors (Lipinski definition) is 1. The van der Waals surface area contributed by atoms with Crippen LogP contribution in [0, 0.1) is 11.3 Å². The van der Waals surface area contributed by atoms with E-state index in [1.54, 1.807) is 7.11 Å². The summed E-state index contributed by atoms with van der Waals surface area (Å²) in [5.74, 6) is 0. The smallest absolute Gasteiger partial charge is 0.0622 e. The van der Waals surface area contributed by atoms with Crippen LogP contribution >= 0.6 is 0 Å². The Morgan fingerprint density at radius 3 is 2.94 bits per heavy atom. The van der Waals surface area contributed by atoms with Crippen molar-refractivity contribution in [2.75, 3.05) is 25.6 Å². The van der Waals surface area contributed by atoms with Crippen LogP contribution in [-0.4, -0.2) is 20.3 Å². The number of benzene rings is 1. The lowest BCUT2D eigenvalue weighted by Crippen LogP contribution is -2.05. The van der Waals surface area contributed by atoms with Crippen LogP contribution in [0.1, 0.15) is 18.4 Å². The van der Waals surface area contributed by atoms with Crippen molar-refractivity contribution in [3.63, 3.8) is 0 Å². The quantitative estimate of drug-likeness (QED) is 0.715. The molecule has 0 atom stereocenters. The Morgan fingerprint density at radius 2 is 2.19 bits per heavy atom. The highest BCUT2D eigenvalue weighted by Crippen LogP contribution is 2.15. The number of hydrogen-bond acceptors (Lipinski definition) is 3. The molecule has 0 amide bonds. The number of ether oxygens (including phenoxy) is 1. The summed E-state index contributed by atoms with van der Waals surface area (Å²) in [5, 5.41) is 11.8. The summed E-state index contributed by atoms with van der Waals surface area (Å²) in [5.41, 5.74) is 2.42. The molecule has 0 heterocycles. The van der Waals surface area contributed by atoms with Gasteiger partial charge in [0.1, 0.15) is 0 Å². The molecule has 16 heavy (non-hydrogen) atoms. The minimum atomic E-state index is 0.604. The molecule has 0 aliphatic rings. The zero-order valence-electron chi connectivity index (χ0n) is 9.70. The maximum atomic E-state index is 8.44. The van der Waals surface area contributed by atoms with Crippen LogP contribution in [0.15, 0.2) is 24.3 Å². The second-order valence-electron chi connectivity index (χ2n) is 3.59. The minimum Gasteiger partial charge on any atom is -0.385 e. The van der Waals surface area contributed by atoms with E-state index in [1.807, 2.05) is 12.1 Å². The number of methoxy groups -OCH3 is 1. The standard InChI is InChI=1S/C13H18N2O/c1-16-11-8-12-6-2-3-7-13(12)15-10-5-4-9-14/h2-3,6-7,15H,4-5,8,10-11H2,1H3. The number of anilines is 1. The van der Waals surface area contributed by atoms with Gasteiger partial charge in [-0.25, -0.2) is 0 Å². The number of nitrogens with zero attached hydrogens (tertiary/aromatic N) is 1. The lowest BCUT2D eigenvalue weighted by Gasteiger charge is -2.10. The van der Waals surface area contributed by atoms with E-state index in [0.29, 0.717) is 6.42 Å². The summed E-state index contributed by atoms with van der Waals surface area (Å²) in [6.07, 6.45) is 2.40. The Bertz CT molecular complexity index is 344. The lowest BCUT2D eigenvalue weighted by molar-refractivity contribution is 0.202. The van der Waals surface area contributed by atoms with Gasteiger partial charge < -0.3 is 10.1 Å². The first-order chi connectivity index (χ1) is 7.88. The summed E-state index contributed by atoms with van der Waals surface area (Å²) in [7, 11) is 1.71. The van der Waals surface area contributed by atoms with Crippen LogP contribution in [0.5, 0.6) is 0 Å². The molecule has 3 heteroatoms. The molecular formula is C13H18N2O. The molecule has 1 aromatic rings. The average Bonchev–Trinajstić information content (AvgIpc) is 2.33. The van der Waals surface area contributed by atoms with E-state index in [2.05, 4.69) is 23.5 Å². The third kappa shape index (κ3) is 4.33. The third-order valence-electron chi connectivity index (χ3n) is 2.37. The van der Waals surface area contributed by atoms with Gasteiger partial charge in [0.05, 0.1) is 12.7 Å². The van der Waals surface area contributed by atoms with Crippen molar-refractivity contribution in [3.8, 4) is 6.07 Å². The molecule has 0 saturated carbocycles. The van der Waals surface area contributed by atoms with E-state index in [9.17, 15) is 0 Å². The van der Waals surface area contributed by atoms with Crippen molar-refractivity contribution in [3.05, 3.63) is 29.8 Å². The first kappa shape index (κ1) is 12.5. The molecule has 0 radical (unpaired) electrons. The Hall–Kier alpha value is -1.53. The van der Waals surface area contributed by atoms with Crippen LogP contribution in [0.4, 0.5) is 5.69 Å². The number of unbranched alkanes of at least 4 members (excludes halogenated alkanes) is 1. The number of nitrogens with one attached hydrogen (secondary N) is 1. The Kier molecular flexibility index (Phi) is 6.05. The van der Waals surface area contributed by atoms with E-state index in [1.165, 1.54) is 5.56 Å². The van der Waals surface area contributed by atoms with Gasteiger partial charge in [-0.3, -0.25) is 0 Å². The predicted molar refractivity (Wildman–Crippen MR) is 65.4 cm³/mol. The fraction of sp³-hybridized carbons (Fsp3) is 0.462. The Balaban J connectivity index is 2.47. The largest absolute Gasteiger partial charge is 0.385 e. The number of rotatable bonds is 7. The number of para-hydroxylation sites is 1. The van der Waals surface area contributed by atoms with Gasteiger partial charge in [0.25, 0.3) is 0 Å². The van der Waals surface area contributed by atoms with E-state index in [-0.39, 0.29) is 0 Å². The van der Waals surface area contributed by atoms with E-state index < -0.39 is 0 Å². The lowest BCUT2D eigenvalue weighted by atomic mass is 10.1. The zero-order chi connectivity index (χ0) is 11.6. The van der Waals surface area contributed by atoms with Gasteiger partial charge in [0.15, 0.2) is 0 Å². The first-order valence-electron chi connectivity index (χ1n) is 5.56. The Labute approximate surface area is 97.0 Å². The fourth-order valence-electron chi connectivity index (χ4n) is 1.51. The maximum Gasteiger partial charge on any atom is 0.0622 e. The highest BCUT2D eigenvalue weighted by molar-refractivity contribution is 5.51. The highest BCUT2D eigenvalue weighted by Gasteiger charge is 2.00. The van der Waals surface area contributed by atoms with Crippen LogP contribution in [0.25, 0.3) is 0 Å². The molecule has 0 aliphatic heterocycles. The van der Waals surface area contributed by atoms with Crippen LogP contribution in [0.3, 0.4) is 0 Å². The first-order valence-corrected chi connectivity index (χ1v) is 5.56. The molecule has 0 aliphatic carbocycles. The Morgan fingerprint density at radius 1 is 1.38 bits per heavy atom. The van der Waals surface area contributed by atoms with Crippen molar-refractivity contribution in [2.45, 2.75) is 19.3 Å². The average molecular weight is 218 g/mol. The molecule has 1 N–H and O–H groups in total. The maximum absolute atomic E-state index is 8.44. The molecule has 1 aromatic carbocycles. The SMILES string of the molecule is COCCc1ccccc1NCCCC#N. The molecule has 86 valence electrons. The summed E-state index contributed by atoms with van der Waals surface area (Å²) in [6, 6.07) is 10.4. The van der Waals surface area contributed by atoms with E-state index in [0.717, 1.165) is 31.7 Å². The van der Waals surface area contributed by atoms with Gasteiger partial charge in [-0.15, -0.1) is 0 Å². The highest BCUT2D eigenvalue weighted by atomic mass is 16.5. The molecule has 0 spiro atoms. The van der Waals surface area contributed by atoms with Gasteiger partial charge in [-0.05, 0) is 24.5 Å². The molecular weight excluding hydrogens is 200 g/mol. The summed E-state index contributed by atoms with van der Waals surface area (Å²) in [4.78, 5) is 0. The van der Waals surface area contributed by atoms with Crippen molar-refractivity contribution in [1.29, 1.82) is 5.26 Å². The van der Waals surface area contributed by atoms with Crippen LogP contribution < -0.4 is 5.32 Å². The molecule has 3 nitrogen and oxygen atoms in total. The normalized spacial score (nSPS) is 9.75. The molecule has 0 fully saturated rings. The van der Waals surface area contributed by atoms with Crippen molar-refractivity contribution >= 4 is 5.69 Å². The summed E-state index contributed by atoms with van der Waals surface area (Å²) >= 11 is 0. The van der Waals surface area contributed by atoms with Crippen molar-refractivity contribution in [1.82, 2.24) is 0 Å². The topological polar surface area (TPSA) is 45.0 Å². The second kappa shape index (κ2) is 7.72. The van der Waals surface area contributed by atoms with E-state index in [4.69, 9.17) is 10.00 Å². The van der Waals surface area contributed by atoms with Gasteiger partial charge in [0.2, 0.25) is 0 Å². The van der Waals surface area contributed by atoms with Crippen molar-refractivity contribution < 1.29 is 4.74 Å². The van der Waals surface area contributed by atoms with Gasteiger partial charge in [-0.2, -0.15) is 5.26 Å². The van der Waals surface area contributed by atoms with Crippen LogP contribution in [0.2, 0.25) is 0 Å².